The summed E-state index contributed by atoms with van der Waals surface area (Å²) in [5.41, 5.74) is 0. The molecule has 0 saturated carbocycles. The molecular weight excluding hydrogens is 338 g/mol. The fraction of sp³-hybridized carbons (Fsp3) is 0.150. The smallest absolute Gasteiger partial charge is 0.258 e. The standard InChI is InChI=1S/C20H18ClNO3/c21-17-9-3-4-10-19(17)24-13-12-22-20(23)14-25-18-11-5-7-15-6-1-2-8-16(15)18/h1-11H,12-14H2,(H,22,23). The number of fused-ring (bicyclic) bond motifs is 1. The lowest BCUT2D eigenvalue weighted by Gasteiger charge is -2.11. The number of carbonyl (C=O) groups excluding carboxylic acids is 1. The number of nitrogens with one attached hydrogen (secondary N) is 1. The number of halogens is 1. The third-order valence-electron chi connectivity index (χ3n) is 3.63. The van der Waals surface area contributed by atoms with Crippen LogP contribution in [0.1, 0.15) is 0 Å². The molecule has 0 aliphatic rings. The monoisotopic (exact) mass is 355 g/mol. The molecule has 0 heterocycles. The lowest BCUT2D eigenvalue weighted by Crippen LogP contribution is -2.32. The topological polar surface area (TPSA) is 47.6 Å². The van der Waals surface area contributed by atoms with E-state index in [1.807, 2.05) is 54.6 Å². The third kappa shape index (κ3) is 4.64. The van der Waals surface area contributed by atoms with Crippen molar-refractivity contribution in [2.45, 2.75) is 0 Å². The molecule has 0 aromatic heterocycles. The Morgan fingerprint density at radius 2 is 1.60 bits per heavy atom. The largest absolute Gasteiger partial charge is 0.490 e. The van der Waals surface area contributed by atoms with Gasteiger partial charge in [0.1, 0.15) is 18.1 Å². The number of benzene rings is 3. The molecular formula is C20H18ClNO3. The van der Waals surface area contributed by atoms with E-state index < -0.39 is 0 Å². The van der Waals surface area contributed by atoms with Gasteiger partial charge in [-0.1, -0.05) is 60.1 Å². The molecule has 3 aromatic rings. The number of rotatable bonds is 7. The van der Waals surface area contributed by atoms with Gasteiger partial charge in [0.2, 0.25) is 0 Å². The normalized spacial score (nSPS) is 10.4. The van der Waals surface area contributed by atoms with E-state index in [1.54, 1.807) is 12.1 Å². The molecule has 128 valence electrons. The van der Waals surface area contributed by atoms with Crippen LogP contribution in [-0.4, -0.2) is 25.7 Å². The molecule has 0 unspecified atom stereocenters. The first-order chi connectivity index (χ1) is 12.2. The second-order valence-corrected chi connectivity index (χ2v) is 5.80. The van der Waals surface area contributed by atoms with Crippen LogP contribution < -0.4 is 14.8 Å². The van der Waals surface area contributed by atoms with Crippen LogP contribution in [0.25, 0.3) is 10.8 Å². The number of hydrogen-bond donors (Lipinski definition) is 1. The summed E-state index contributed by atoms with van der Waals surface area (Å²) in [5, 5.41) is 5.37. The Bertz CT molecular complexity index is 861. The summed E-state index contributed by atoms with van der Waals surface area (Å²) < 4.78 is 11.2. The minimum atomic E-state index is -0.198. The van der Waals surface area contributed by atoms with Crippen LogP contribution in [0.15, 0.2) is 66.7 Å². The molecule has 0 spiro atoms. The molecule has 0 fully saturated rings. The maximum absolute atomic E-state index is 11.9. The Hall–Kier alpha value is -2.72. The fourth-order valence-corrected chi connectivity index (χ4v) is 2.62. The van der Waals surface area contributed by atoms with E-state index in [2.05, 4.69) is 5.32 Å². The van der Waals surface area contributed by atoms with Gasteiger partial charge in [-0.15, -0.1) is 0 Å². The third-order valence-corrected chi connectivity index (χ3v) is 3.94. The number of ether oxygens (including phenoxy) is 2. The van der Waals surface area contributed by atoms with Crippen molar-refractivity contribution in [3.8, 4) is 11.5 Å². The van der Waals surface area contributed by atoms with Crippen LogP contribution in [0.4, 0.5) is 0 Å². The molecule has 0 radical (unpaired) electrons. The number of amides is 1. The number of hydrogen-bond acceptors (Lipinski definition) is 3. The molecule has 25 heavy (non-hydrogen) atoms. The van der Waals surface area contributed by atoms with Gasteiger partial charge < -0.3 is 14.8 Å². The molecule has 0 bridgehead atoms. The lowest BCUT2D eigenvalue weighted by molar-refractivity contribution is -0.123. The highest BCUT2D eigenvalue weighted by molar-refractivity contribution is 6.32. The quantitative estimate of drug-likeness (QED) is 0.650. The highest BCUT2D eigenvalue weighted by Gasteiger charge is 2.06. The van der Waals surface area contributed by atoms with Crippen molar-refractivity contribution in [1.29, 1.82) is 0 Å². The van der Waals surface area contributed by atoms with Crippen LogP contribution in [-0.2, 0) is 4.79 Å². The minimum absolute atomic E-state index is 0.0416. The molecule has 4 nitrogen and oxygen atoms in total. The van der Waals surface area contributed by atoms with Gasteiger partial charge in [-0.3, -0.25) is 4.79 Å². The van der Waals surface area contributed by atoms with E-state index >= 15 is 0 Å². The van der Waals surface area contributed by atoms with Crippen LogP contribution >= 0.6 is 11.6 Å². The summed E-state index contributed by atoms with van der Waals surface area (Å²) in [6.45, 7) is 0.673. The summed E-state index contributed by atoms with van der Waals surface area (Å²) >= 11 is 6.00. The molecule has 0 aliphatic carbocycles. The van der Waals surface area contributed by atoms with E-state index in [9.17, 15) is 4.79 Å². The SMILES string of the molecule is O=C(COc1cccc2ccccc12)NCCOc1ccccc1Cl. The Balaban J connectivity index is 1.44. The summed E-state index contributed by atoms with van der Waals surface area (Å²) in [6, 6.07) is 20.9. The molecule has 1 amide bonds. The zero-order valence-electron chi connectivity index (χ0n) is 13.6. The van der Waals surface area contributed by atoms with E-state index in [-0.39, 0.29) is 12.5 Å². The Morgan fingerprint density at radius 3 is 2.48 bits per heavy atom. The second kappa shape index (κ2) is 8.40. The van der Waals surface area contributed by atoms with Gasteiger partial charge in [0.05, 0.1) is 11.6 Å². The lowest BCUT2D eigenvalue weighted by atomic mass is 10.1. The van der Waals surface area contributed by atoms with Crippen LogP contribution in [0.2, 0.25) is 5.02 Å². The number of para-hydroxylation sites is 1. The van der Waals surface area contributed by atoms with Gasteiger partial charge in [0.25, 0.3) is 5.91 Å². The Morgan fingerprint density at radius 1 is 0.880 bits per heavy atom. The molecule has 3 rings (SSSR count). The molecule has 3 aromatic carbocycles. The highest BCUT2D eigenvalue weighted by atomic mass is 35.5. The highest BCUT2D eigenvalue weighted by Crippen LogP contribution is 2.25. The van der Waals surface area contributed by atoms with Crippen molar-refractivity contribution in [3.63, 3.8) is 0 Å². The molecule has 1 N–H and O–H groups in total. The van der Waals surface area contributed by atoms with Crippen molar-refractivity contribution >= 4 is 28.3 Å². The maximum atomic E-state index is 11.9. The van der Waals surface area contributed by atoms with Gasteiger partial charge in [-0.25, -0.2) is 0 Å². The first-order valence-electron chi connectivity index (χ1n) is 7.98. The van der Waals surface area contributed by atoms with Crippen molar-refractivity contribution < 1.29 is 14.3 Å². The van der Waals surface area contributed by atoms with E-state index in [0.717, 1.165) is 10.8 Å². The van der Waals surface area contributed by atoms with Crippen LogP contribution in [0, 0.1) is 0 Å². The summed E-state index contributed by atoms with van der Waals surface area (Å²) in [4.78, 5) is 11.9. The average Bonchev–Trinajstić information content (AvgIpc) is 2.65. The predicted molar refractivity (Wildman–Crippen MR) is 99.4 cm³/mol. The summed E-state index contributed by atoms with van der Waals surface area (Å²) in [6.07, 6.45) is 0. The molecule has 0 saturated heterocycles. The fourth-order valence-electron chi connectivity index (χ4n) is 2.43. The average molecular weight is 356 g/mol. The zero-order chi connectivity index (χ0) is 17.5. The van der Waals surface area contributed by atoms with Gasteiger partial charge in [0, 0.05) is 5.39 Å². The maximum Gasteiger partial charge on any atom is 0.258 e. The Kier molecular flexibility index (Phi) is 5.75. The van der Waals surface area contributed by atoms with E-state index in [1.165, 1.54) is 0 Å². The second-order valence-electron chi connectivity index (χ2n) is 5.39. The Labute approximate surface area is 151 Å². The van der Waals surface area contributed by atoms with Gasteiger partial charge >= 0.3 is 0 Å². The summed E-state index contributed by atoms with van der Waals surface area (Å²) in [5.74, 6) is 1.10. The van der Waals surface area contributed by atoms with Crippen LogP contribution in [0.5, 0.6) is 11.5 Å². The van der Waals surface area contributed by atoms with E-state index in [0.29, 0.717) is 29.7 Å². The van der Waals surface area contributed by atoms with Gasteiger partial charge in [0.15, 0.2) is 6.61 Å². The summed E-state index contributed by atoms with van der Waals surface area (Å²) in [7, 11) is 0. The van der Waals surface area contributed by atoms with E-state index in [4.69, 9.17) is 21.1 Å². The number of carbonyl (C=O) groups is 1. The van der Waals surface area contributed by atoms with Gasteiger partial charge in [-0.2, -0.15) is 0 Å². The van der Waals surface area contributed by atoms with Crippen LogP contribution in [0.3, 0.4) is 0 Å². The minimum Gasteiger partial charge on any atom is -0.490 e. The van der Waals surface area contributed by atoms with Crippen molar-refractivity contribution in [2.24, 2.45) is 0 Å². The zero-order valence-corrected chi connectivity index (χ0v) is 14.3. The molecule has 5 heteroatoms. The van der Waals surface area contributed by atoms with Gasteiger partial charge in [-0.05, 0) is 23.6 Å². The van der Waals surface area contributed by atoms with Crippen molar-refractivity contribution in [3.05, 3.63) is 71.8 Å². The molecule has 0 atom stereocenters. The predicted octanol–water partition coefficient (Wildman–Crippen LogP) is 4.07. The van der Waals surface area contributed by atoms with Crippen molar-refractivity contribution in [1.82, 2.24) is 5.32 Å². The molecule has 0 aliphatic heterocycles. The first-order valence-corrected chi connectivity index (χ1v) is 8.36. The first kappa shape index (κ1) is 17.1. The van der Waals surface area contributed by atoms with Crippen molar-refractivity contribution in [2.75, 3.05) is 19.8 Å².